The normalized spacial score (nSPS) is 11.0. The van der Waals surface area contributed by atoms with Crippen LogP contribution in [0.5, 0.6) is 0 Å². The van der Waals surface area contributed by atoms with Crippen LogP contribution in [0, 0.1) is 13.8 Å². The summed E-state index contributed by atoms with van der Waals surface area (Å²) in [4.78, 5) is 11.2. The summed E-state index contributed by atoms with van der Waals surface area (Å²) in [6.45, 7) is 4.22. The number of aromatic nitrogens is 2. The molecule has 0 aliphatic carbocycles. The van der Waals surface area contributed by atoms with Crippen LogP contribution in [0.15, 0.2) is 59.3 Å². The second-order valence-electron chi connectivity index (χ2n) is 5.93. The van der Waals surface area contributed by atoms with E-state index in [2.05, 4.69) is 93.6 Å². The van der Waals surface area contributed by atoms with Gasteiger partial charge < -0.3 is 5.32 Å². The maximum absolute atomic E-state index is 4.52. The highest BCUT2D eigenvalue weighted by Crippen LogP contribution is 2.41. The molecule has 0 bridgehead atoms. The van der Waals surface area contributed by atoms with Crippen molar-refractivity contribution in [2.45, 2.75) is 13.8 Å². The Bertz CT molecular complexity index is 1040. The second-order valence-corrected chi connectivity index (χ2v) is 8.05. The average Bonchev–Trinajstić information content (AvgIpc) is 2.95. The fourth-order valence-corrected chi connectivity index (χ4v) is 4.15. The maximum atomic E-state index is 4.52. The van der Waals surface area contributed by atoms with Gasteiger partial charge in [-0.05, 0) is 43.7 Å². The molecule has 0 aliphatic heterocycles. The maximum Gasteiger partial charge on any atom is 0.143 e. The Balaban J connectivity index is 1.87. The molecule has 4 rings (SSSR count). The number of thiophene rings is 1. The Morgan fingerprint density at radius 1 is 0.920 bits per heavy atom. The van der Waals surface area contributed by atoms with Crippen LogP contribution in [0.4, 0.5) is 11.5 Å². The third-order valence-corrected chi connectivity index (χ3v) is 5.65. The van der Waals surface area contributed by atoms with E-state index in [0.717, 1.165) is 26.2 Å². The van der Waals surface area contributed by atoms with Crippen molar-refractivity contribution >= 4 is 49.0 Å². The van der Waals surface area contributed by atoms with Crippen LogP contribution < -0.4 is 5.32 Å². The molecule has 0 spiro atoms. The predicted molar refractivity (Wildman–Crippen MR) is 110 cm³/mol. The van der Waals surface area contributed by atoms with Crippen LogP contribution in [0.2, 0.25) is 0 Å². The first kappa shape index (κ1) is 16.2. The molecule has 2 aromatic carbocycles. The zero-order valence-electron chi connectivity index (χ0n) is 13.9. The summed E-state index contributed by atoms with van der Waals surface area (Å²) in [5.41, 5.74) is 4.63. The molecule has 0 fully saturated rings. The van der Waals surface area contributed by atoms with Crippen molar-refractivity contribution in [1.82, 2.24) is 9.97 Å². The van der Waals surface area contributed by atoms with E-state index < -0.39 is 0 Å². The lowest BCUT2D eigenvalue weighted by molar-refractivity contribution is 1.23. The summed E-state index contributed by atoms with van der Waals surface area (Å²) in [6, 6.07) is 16.7. The summed E-state index contributed by atoms with van der Waals surface area (Å²) < 4.78 is 1.07. The minimum Gasteiger partial charge on any atom is -0.340 e. The lowest BCUT2D eigenvalue weighted by Crippen LogP contribution is -1.95. The lowest BCUT2D eigenvalue weighted by atomic mass is 10.0. The smallest absolute Gasteiger partial charge is 0.143 e. The monoisotopic (exact) mass is 409 g/mol. The Morgan fingerprint density at radius 2 is 1.64 bits per heavy atom. The molecule has 0 atom stereocenters. The molecule has 0 radical (unpaired) electrons. The molecule has 0 aliphatic rings. The number of hydrogen-bond donors (Lipinski definition) is 1. The predicted octanol–water partition coefficient (Wildman–Crippen LogP) is 6.48. The Hall–Kier alpha value is -2.24. The standard InChI is InChI=1S/C20H16BrN3S/c1-12-3-9-16(10-4-12)24-19-18-17(14-5-7-15(21)8-6-14)13(2)25-20(18)23-11-22-19/h3-11H,1-2H3,(H,22,23,24). The van der Waals surface area contributed by atoms with Crippen LogP contribution >= 0.6 is 27.3 Å². The van der Waals surface area contributed by atoms with Crippen molar-refractivity contribution in [3.05, 3.63) is 69.8 Å². The average molecular weight is 410 g/mol. The summed E-state index contributed by atoms with van der Waals surface area (Å²) in [5, 5.41) is 4.53. The largest absolute Gasteiger partial charge is 0.340 e. The number of nitrogens with zero attached hydrogens (tertiary/aromatic N) is 2. The molecular weight excluding hydrogens is 394 g/mol. The topological polar surface area (TPSA) is 37.8 Å². The van der Waals surface area contributed by atoms with Gasteiger partial charge in [0.25, 0.3) is 0 Å². The Kier molecular flexibility index (Phi) is 4.27. The number of hydrogen-bond acceptors (Lipinski definition) is 4. The van der Waals surface area contributed by atoms with Gasteiger partial charge in [0.1, 0.15) is 17.0 Å². The first-order valence-corrected chi connectivity index (χ1v) is 9.56. The van der Waals surface area contributed by atoms with Crippen LogP contribution in [0.3, 0.4) is 0 Å². The molecule has 3 nitrogen and oxygen atoms in total. The molecule has 4 aromatic rings. The van der Waals surface area contributed by atoms with Gasteiger partial charge in [0, 0.05) is 20.6 Å². The number of nitrogens with one attached hydrogen (secondary N) is 1. The van der Waals surface area contributed by atoms with E-state index in [0.29, 0.717) is 0 Å². The van der Waals surface area contributed by atoms with Crippen molar-refractivity contribution < 1.29 is 0 Å². The summed E-state index contributed by atoms with van der Waals surface area (Å²) in [6.07, 6.45) is 1.63. The van der Waals surface area contributed by atoms with Gasteiger partial charge in [-0.1, -0.05) is 45.8 Å². The molecule has 0 amide bonds. The van der Waals surface area contributed by atoms with Gasteiger partial charge >= 0.3 is 0 Å². The number of fused-ring (bicyclic) bond motifs is 1. The van der Waals surface area contributed by atoms with Gasteiger partial charge in [-0.3, -0.25) is 0 Å². The number of halogens is 1. The number of aryl methyl sites for hydroxylation is 2. The highest BCUT2D eigenvalue weighted by Gasteiger charge is 2.16. The third-order valence-electron chi connectivity index (χ3n) is 4.11. The van der Waals surface area contributed by atoms with Crippen molar-refractivity contribution in [3.63, 3.8) is 0 Å². The number of rotatable bonds is 3. The van der Waals surface area contributed by atoms with Crippen LogP contribution in [-0.4, -0.2) is 9.97 Å². The van der Waals surface area contributed by atoms with Gasteiger partial charge in [-0.25, -0.2) is 9.97 Å². The third kappa shape index (κ3) is 3.17. The molecule has 25 heavy (non-hydrogen) atoms. The first-order chi connectivity index (χ1) is 12.1. The highest BCUT2D eigenvalue weighted by atomic mass is 79.9. The molecule has 0 unspecified atom stereocenters. The van der Waals surface area contributed by atoms with Gasteiger partial charge in [0.15, 0.2) is 0 Å². The number of benzene rings is 2. The minimum atomic E-state index is 0.844. The van der Waals surface area contributed by atoms with E-state index in [1.807, 2.05) is 0 Å². The summed E-state index contributed by atoms with van der Waals surface area (Å²) >= 11 is 5.21. The van der Waals surface area contributed by atoms with E-state index in [-0.39, 0.29) is 0 Å². The van der Waals surface area contributed by atoms with E-state index >= 15 is 0 Å². The molecule has 2 aromatic heterocycles. The SMILES string of the molecule is Cc1ccc(Nc2ncnc3sc(C)c(-c4ccc(Br)cc4)c23)cc1. The Morgan fingerprint density at radius 3 is 2.36 bits per heavy atom. The fourth-order valence-electron chi connectivity index (χ4n) is 2.88. The zero-order valence-corrected chi connectivity index (χ0v) is 16.3. The zero-order chi connectivity index (χ0) is 17.4. The van der Waals surface area contributed by atoms with E-state index in [9.17, 15) is 0 Å². The second kappa shape index (κ2) is 6.58. The Labute approximate surface area is 158 Å². The molecule has 1 N–H and O–H groups in total. The van der Waals surface area contributed by atoms with E-state index in [1.54, 1.807) is 17.7 Å². The number of anilines is 2. The van der Waals surface area contributed by atoms with Crippen LogP contribution in [-0.2, 0) is 0 Å². The van der Waals surface area contributed by atoms with Gasteiger partial charge in [0.05, 0.1) is 5.39 Å². The molecular formula is C20H16BrN3S. The van der Waals surface area contributed by atoms with E-state index in [4.69, 9.17) is 0 Å². The van der Waals surface area contributed by atoms with Gasteiger partial charge in [0.2, 0.25) is 0 Å². The first-order valence-electron chi connectivity index (χ1n) is 7.95. The van der Waals surface area contributed by atoms with Gasteiger partial charge in [-0.2, -0.15) is 0 Å². The van der Waals surface area contributed by atoms with Crippen LogP contribution in [0.25, 0.3) is 21.3 Å². The molecule has 2 heterocycles. The van der Waals surface area contributed by atoms with Crippen molar-refractivity contribution in [1.29, 1.82) is 0 Å². The lowest BCUT2D eigenvalue weighted by Gasteiger charge is -2.09. The summed E-state index contributed by atoms with van der Waals surface area (Å²) in [7, 11) is 0. The molecule has 0 saturated heterocycles. The molecule has 5 heteroatoms. The van der Waals surface area contributed by atoms with E-state index in [1.165, 1.54) is 21.6 Å². The molecule has 124 valence electrons. The minimum absolute atomic E-state index is 0.844. The summed E-state index contributed by atoms with van der Waals surface area (Å²) in [5.74, 6) is 0.844. The van der Waals surface area contributed by atoms with Gasteiger partial charge in [-0.15, -0.1) is 11.3 Å². The fraction of sp³-hybridized carbons (Fsp3) is 0.100. The van der Waals surface area contributed by atoms with Crippen molar-refractivity contribution in [2.75, 3.05) is 5.32 Å². The molecule has 0 saturated carbocycles. The van der Waals surface area contributed by atoms with Crippen LogP contribution in [0.1, 0.15) is 10.4 Å². The quantitative estimate of drug-likeness (QED) is 0.420. The van der Waals surface area contributed by atoms with Crippen molar-refractivity contribution in [2.24, 2.45) is 0 Å². The van der Waals surface area contributed by atoms with Crippen molar-refractivity contribution in [3.8, 4) is 11.1 Å². The highest BCUT2D eigenvalue weighted by molar-refractivity contribution is 9.10.